The summed E-state index contributed by atoms with van der Waals surface area (Å²) in [7, 11) is -2.86. The summed E-state index contributed by atoms with van der Waals surface area (Å²) in [4.78, 5) is 24.7. The van der Waals surface area contributed by atoms with Crippen molar-refractivity contribution in [3.05, 3.63) is 83.9 Å². The highest BCUT2D eigenvalue weighted by molar-refractivity contribution is 7.89. The number of esters is 1. The Hall–Kier alpha value is -3.67. The van der Waals surface area contributed by atoms with Crippen molar-refractivity contribution in [2.24, 2.45) is 0 Å². The number of anilines is 1. The van der Waals surface area contributed by atoms with Gasteiger partial charge < -0.3 is 10.1 Å². The molecule has 0 aliphatic carbocycles. The van der Waals surface area contributed by atoms with Crippen LogP contribution in [0.2, 0.25) is 0 Å². The molecular formula is C22H18N4O5S2. The molecular weight excluding hydrogens is 464 g/mol. The van der Waals surface area contributed by atoms with Crippen molar-refractivity contribution in [3.8, 4) is 0 Å². The second kappa shape index (κ2) is 9.45. The molecule has 2 N–H and O–H groups in total. The zero-order valence-electron chi connectivity index (χ0n) is 17.3. The average Bonchev–Trinajstić information content (AvgIpc) is 3.32. The summed E-state index contributed by atoms with van der Waals surface area (Å²) >= 11 is 0.907. The van der Waals surface area contributed by atoms with Crippen molar-refractivity contribution in [2.45, 2.75) is 10.9 Å². The lowest BCUT2D eigenvalue weighted by atomic mass is 10.1. The summed E-state index contributed by atoms with van der Waals surface area (Å²) in [6.45, 7) is 0. The zero-order valence-corrected chi connectivity index (χ0v) is 18.9. The fourth-order valence-electron chi connectivity index (χ4n) is 3.16. The van der Waals surface area contributed by atoms with Crippen LogP contribution in [0.15, 0.2) is 77.7 Å². The number of nitrogens with one attached hydrogen (secondary N) is 2. The smallest absolute Gasteiger partial charge is 0.337 e. The number of nitrogens with zero attached hydrogens (tertiary/aromatic N) is 2. The number of sulfonamides is 1. The Morgan fingerprint density at radius 1 is 0.939 bits per heavy atom. The molecule has 1 aromatic heterocycles. The number of methoxy groups -OCH3 is 1. The third-order valence-corrected chi connectivity index (χ3v) is 6.78. The molecule has 0 saturated carbocycles. The highest BCUT2D eigenvalue weighted by atomic mass is 32.2. The van der Waals surface area contributed by atoms with E-state index in [1.54, 1.807) is 42.5 Å². The van der Waals surface area contributed by atoms with Crippen LogP contribution in [0.1, 0.15) is 22.0 Å². The number of hydrogen-bond donors (Lipinski definition) is 2. The number of rotatable bonds is 7. The standard InChI is InChI=1S/C22H18N4O5S2/c1-31-22(28)15-10-12-16(13-11-15)23-21(27)19(14-6-3-2-4-7-14)26-33(29,30)18-9-5-8-17-20(18)25-32-24-17/h2-13,19,26H,1H3,(H,23,27). The van der Waals surface area contributed by atoms with Gasteiger partial charge in [-0.1, -0.05) is 36.4 Å². The third-order valence-electron chi connectivity index (χ3n) is 4.78. The molecule has 0 aliphatic rings. The van der Waals surface area contributed by atoms with Crippen LogP contribution in [-0.2, 0) is 19.6 Å². The Morgan fingerprint density at radius 3 is 2.36 bits per heavy atom. The summed E-state index contributed by atoms with van der Waals surface area (Å²) in [6.07, 6.45) is 0. The van der Waals surface area contributed by atoms with Crippen LogP contribution in [0.25, 0.3) is 11.0 Å². The van der Waals surface area contributed by atoms with E-state index in [9.17, 15) is 18.0 Å². The van der Waals surface area contributed by atoms with Crippen LogP contribution in [0.4, 0.5) is 5.69 Å². The van der Waals surface area contributed by atoms with Gasteiger partial charge in [0.15, 0.2) is 0 Å². The van der Waals surface area contributed by atoms with Crippen LogP contribution >= 0.6 is 11.7 Å². The minimum atomic E-state index is -4.13. The predicted octanol–water partition coefficient (Wildman–Crippen LogP) is 3.14. The van der Waals surface area contributed by atoms with Crippen LogP contribution < -0.4 is 10.0 Å². The Labute approximate surface area is 193 Å². The van der Waals surface area contributed by atoms with Crippen LogP contribution in [0.3, 0.4) is 0 Å². The topological polar surface area (TPSA) is 127 Å². The fraction of sp³-hybridized carbons (Fsp3) is 0.0909. The van der Waals surface area contributed by atoms with Gasteiger partial charge in [-0.05, 0) is 42.0 Å². The first-order valence-corrected chi connectivity index (χ1v) is 11.9. The van der Waals surface area contributed by atoms with Gasteiger partial charge in [-0.25, -0.2) is 13.2 Å². The van der Waals surface area contributed by atoms with E-state index in [1.807, 2.05) is 0 Å². The molecule has 0 bridgehead atoms. The van der Waals surface area contributed by atoms with Crippen molar-refractivity contribution in [3.63, 3.8) is 0 Å². The molecule has 168 valence electrons. The molecule has 3 aromatic carbocycles. The van der Waals surface area contributed by atoms with Crippen LogP contribution in [0, 0.1) is 0 Å². The lowest BCUT2D eigenvalue weighted by molar-refractivity contribution is -0.117. The van der Waals surface area contributed by atoms with Crippen molar-refractivity contribution in [2.75, 3.05) is 12.4 Å². The Balaban J connectivity index is 1.64. The Kier molecular flexibility index (Phi) is 6.45. The molecule has 1 atom stereocenters. The molecule has 1 amide bonds. The molecule has 4 rings (SSSR count). The number of benzene rings is 3. The summed E-state index contributed by atoms with van der Waals surface area (Å²) in [5.74, 6) is -1.10. The summed E-state index contributed by atoms with van der Waals surface area (Å²) in [5, 5.41) is 2.69. The number of carbonyl (C=O) groups excluding carboxylic acids is 2. The van der Waals surface area contributed by atoms with E-state index in [4.69, 9.17) is 0 Å². The first-order chi connectivity index (χ1) is 15.9. The van der Waals surface area contributed by atoms with Crippen LogP contribution in [-0.4, -0.2) is 36.2 Å². The van der Waals surface area contributed by atoms with Crippen molar-refractivity contribution < 1.29 is 22.7 Å². The molecule has 33 heavy (non-hydrogen) atoms. The summed E-state index contributed by atoms with van der Waals surface area (Å²) < 4.78 is 41.8. The van der Waals surface area contributed by atoms with Gasteiger partial charge in [-0.3, -0.25) is 4.79 Å². The molecule has 0 radical (unpaired) electrons. The molecule has 0 saturated heterocycles. The van der Waals surface area contributed by atoms with Crippen molar-refractivity contribution >= 4 is 50.3 Å². The van der Waals surface area contributed by atoms with Crippen LogP contribution in [0.5, 0.6) is 0 Å². The van der Waals surface area contributed by atoms with Gasteiger partial charge in [-0.15, -0.1) is 0 Å². The number of ether oxygens (including phenoxy) is 1. The molecule has 1 unspecified atom stereocenters. The number of fused-ring (bicyclic) bond motifs is 1. The highest BCUT2D eigenvalue weighted by Crippen LogP contribution is 2.24. The molecule has 0 spiro atoms. The van der Waals surface area contributed by atoms with E-state index < -0.39 is 27.9 Å². The maximum atomic E-state index is 13.2. The Morgan fingerprint density at radius 2 is 1.67 bits per heavy atom. The van der Waals surface area contributed by atoms with Gasteiger partial charge >= 0.3 is 5.97 Å². The normalized spacial score (nSPS) is 12.3. The number of hydrogen-bond acceptors (Lipinski definition) is 8. The molecule has 4 aromatic rings. The fourth-order valence-corrected chi connectivity index (χ4v) is 5.11. The van der Waals surface area contributed by atoms with E-state index in [-0.39, 0.29) is 10.4 Å². The van der Waals surface area contributed by atoms with Crippen molar-refractivity contribution in [1.29, 1.82) is 0 Å². The first-order valence-electron chi connectivity index (χ1n) is 9.67. The van der Waals surface area contributed by atoms with Gasteiger partial charge in [0.25, 0.3) is 0 Å². The first kappa shape index (κ1) is 22.5. The maximum absolute atomic E-state index is 13.2. The largest absolute Gasteiger partial charge is 0.465 e. The molecule has 0 fully saturated rings. The van der Waals surface area contributed by atoms with Gasteiger partial charge in [-0.2, -0.15) is 13.5 Å². The average molecular weight is 483 g/mol. The molecule has 0 aliphatic heterocycles. The second-order valence-corrected chi connectivity index (χ2v) is 9.12. The maximum Gasteiger partial charge on any atom is 0.337 e. The SMILES string of the molecule is COC(=O)c1ccc(NC(=O)C(NS(=O)(=O)c2cccc3nsnc23)c2ccccc2)cc1. The van der Waals surface area contributed by atoms with E-state index in [1.165, 1.54) is 37.4 Å². The lowest BCUT2D eigenvalue weighted by Crippen LogP contribution is -2.37. The molecule has 11 heteroatoms. The minimum absolute atomic E-state index is 0.0649. The number of aromatic nitrogens is 2. The summed E-state index contributed by atoms with van der Waals surface area (Å²) in [6, 6.07) is 18.0. The van der Waals surface area contributed by atoms with Crippen molar-refractivity contribution in [1.82, 2.24) is 13.5 Å². The zero-order chi connectivity index (χ0) is 23.4. The van der Waals surface area contributed by atoms with E-state index in [0.717, 1.165) is 11.7 Å². The predicted molar refractivity (Wildman–Crippen MR) is 123 cm³/mol. The van der Waals surface area contributed by atoms with E-state index in [0.29, 0.717) is 22.3 Å². The van der Waals surface area contributed by atoms with Gasteiger partial charge in [0.1, 0.15) is 22.0 Å². The van der Waals surface area contributed by atoms with Gasteiger partial charge in [0.2, 0.25) is 15.9 Å². The van der Waals surface area contributed by atoms with Gasteiger partial charge in [0, 0.05) is 5.69 Å². The second-order valence-electron chi connectivity index (χ2n) is 6.91. The van der Waals surface area contributed by atoms with E-state index in [2.05, 4.69) is 23.5 Å². The molecule has 1 heterocycles. The third kappa shape index (κ3) is 4.90. The quantitative estimate of drug-likeness (QED) is 0.387. The highest BCUT2D eigenvalue weighted by Gasteiger charge is 2.29. The monoisotopic (exact) mass is 482 g/mol. The minimum Gasteiger partial charge on any atom is -0.465 e. The summed E-state index contributed by atoms with van der Waals surface area (Å²) in [5.41, 5.74) is 1.85. The lowest BCUT2D eigenvalue weighted by Gasteiger charge is -2.19. The van der Waals surface area contributed by atoms with Gasteiger partial charge in [0.05, 0.1) is 24.4 Å². The molecule has 9 nitrogen and oxygen atoms in total. The number of amides is 1. The Bertz CT molecular complexity index is 1400. The number of carbonyl (C=O) groups is 2. The van der Waals surface area contributed by atoms with E-state index >= 15 is 0 Å².